The number of aliphatic hydroxyl groups excluding tert-OH is 1. The zero-order valence-corrected chi connectivity index (χ0v) is 8.63. The topological polar surface area (TPSA) is 51.2 Å². The molecule has 0 bridgehead atoms. The minimum Gasteiger partial charge on any atom is -0.472 e. The molecule has 1 N–H and O–H groups in total. The quantitative estimate of drug-likeness (QED) is 0.828. The number of hydrogen-bond acceptors (Lipinski definition) is 3. The highest BCUT2D eigenvalue weighted by molar-refractivity contribution is 5.09. The first-order valence-corrected chi connectivity index (χ1v) is 4.93. The third-order valence-corrected chi connectivity index (χ3v) is 2.49. The zero-order chi connectivity index (χ0) is 10.7. The van der Waals surface area contributed by atoms with Gasteiger partial charge in [-0.3, -0.25) is 0 Å². The van der Waals surface area contributed by atoms with Crippen molar-refractivity contribution in [2.45, 2.75) is 18.9 Å². The summed E-state index contributed by atoms with van der Waals surface area (Å²) in [6.45, 7) is 0. The molecule has 2 rings (SSSR count). The van der Waals surface area contributed by atoms with Crippen molar-refractivity contribution in [2.24, 2.45) is 7.05 Å². The maximum Gasteiger partial charge on any atom is 0.108 e. The van der Waals surface area contributed by atoms with Crippen LogP contribution in [0.2, 0.25) is 0 Å². The Morgan fingerprint density at radius 2 is 2.47 bits per heavy atom. The molecule has 0 aliphatic rings. The molecule has 0 fully saturated rings. The number of hydrogen-bond donors (Lipinski definition) is 1. The highest BCUT2D eigenvalue weighted by Gasteiger charge is 2.10. The van der Waals surface area contributed by atoms with Gasteiger partial charge in [0.05, 0.1) is 18.6 Å². The first-order valence-electron chi connectivity index (χ1n) is 4.93. The summed E-state index contributed by atoms with van der Waals surface area (Å²) in [5.74, 6) is 0.984. The molecular weight excluding hydrogens is 192 g/mol. The van der Waals surface area contributed by atoms with Crippen LogP contribution in [0.3, 0.4) is 0 Å². The van der Waals surface area contributed by atoms with E-state index in [4.69, 9.17) is 4.42 Å². The lowest BCUT2D eigenvalue weighted by Gasteiger charge is -2.07. The number of aliphatic hydroxyl groups is 1. The molecule has 2 aromatic heterocycles. The van der Waals surface area contributed by atoms with Crippen LogP contribution in [-0.2, 0) is 13.5 Å². The van der Waals surface area contributed by atoms with E-state index in [0.717, 1.165) is 17.8 Å². The van der Waals surface area contributed by atoms with Crippen molar-refractivity contribution in [3.05, 3.63) is 42.4 Å². The molecule has 4 nitrogen and oxygen atoms in total. The molecule has 2 heterocycles. The summed E-state index contributed by atoms with van der Waals surface area (Å²) in [4.78, 5) is 4.20. The first-order chi connectivity index (χ1) is 7.27. The molecule has 0 amide bonds. The minimum absolute atomic E-state index is 0.472. The SMILES string of the molecule is Cn1ccnc1CCC(O)c1ccoc1. The van der Waals surface area contributed by atoms with Crippen LogP contribution in [0.4, 0.5) is 0 Å². The van der Waals surface area contributed by atoms with Crippen LogP contribution in [0, 0.1) is 0 Å². The molecule has 1 unspecified atom stereocenters. The summed E-state index contributed by atoms with van der Waals surface area (Å²) in [6, 6.07) is 1.78. The van der Waals surface area contributed by atoms with Gasteiger partial charge in [0.15, 0.2) is 0 Å². The molecule has 15 heavy (non-hydrogen) atoms. The monoisotopic (exact) mass is 206 g/mol. The van der Waals surface area contributed by atoms with Gasteiger partial charge in [-0.15, -0.1) is 0 Å². The third kappa shape index (κ3) is 2.27. The fourth-order valence-electron chi connectivity index (χ4n) is 1.53. The smallest absolute Gasteiger partial charge is 0.108 e. The van der Waals surface area contributed by atoms with Gasteiger partial charge in [0.1, 0.15) is 5.82 Å². The van der Waals surface area contributed by atoms with Crippen LogP contribution in [-0.4, -0.2) is 14.7 Å². The molecule has 2 aromatic rings. The van der Waals surface area contributed by atoms with Crippen LogP contribution in [0.25, 0.3) is 0 Å². The second kappa shape index (κ2) is 4.31. The summed E-state index contributed by atoms with van der Waals surface area (Å²) >= 11 is 0. The molecule has 0 saturated carbocycles. The summed E-state index contributed by atoms with van der Waals surface area (Å²) in [5.41, 5.74) is 0.823. The van der Waals surface area contributed by atoms with Crippen molar-refractivity contribution in [1.82, 2.24) is 9.55 Å². The van der Waals surface area contributed by atoms with E-state index in [2.05, 4.69) is 4.98 Å². The Hall–Kier alpha value is -1.55. The highest BCUT2D eigenvalue weighted by Crippen LogP contribution is 2.18. The van der Waals surface area contributed by atoms with Gasteiger partial charge in [-0.2, -0.15) is 0 Å². The molecule has 0 spiro atoms. The number of imidazole rings is 1. The summed E-state index contributed by atoms with van der Waals surface area (Å²) in [6.07, 6.45) is 7.75. The van der Waals surface area contributed by atoms with E-state index in [1.54, 1.807) is 24.8 Å². The van der Waals surface area contributed by atoms with Gasteiger partial charge < -0.3 is 14.1 Å². The van der Waals surface area contributed by atoms with E-state index in [9.17, 15) is 5.11 Å². The van der Waals surface area contributed by atoms with Gasteiger partial charge in [0.2, 0.25) is 0 Å². The van der Waals surface area contributed by atoms with E-state index in [0.29, 0.717) is 6.42 Å². The highest BCUT2D eigenvalue weighted by atomic mass is 16.3. The summed E-state index contributed by atoms with van der Waals surface area (Å²) in [7, 11) is 1.95. The second-order valence-electron chi connectivity index (χ2n) is 3.57. The average molecular weight is 206 g/mol. The largest absolute Gasteiger partial charge is 0.472 e. The average Bonchev–Trinajstić information content (AvgIpc) is 2.85. The van der Waals surface area contributed by atoms with Crippen molar-refractivity contribution >= 4 is 0 Å². The maximum absolute atomic E-state index is 9.80. The zero-order valence-electron chi connectivity index (χ0n) is 8.63. The van der Waals surface area contributed by atoms with E-state index in [-0.39, 0.29) is 0 Å². The van der Waals surface area contributed by atoms with Crippen molar-refractivity contribution in [2.75, 3.05) is 0 Å². The molecule has 0 aromatic carbocycles. The molecule has 4 heteroatoms. The van der Waals surface area contributed by atoms with Gasteiger partial charge in [0, 0.05) is 31.4 Å². The predicted octanol–water partition coefficient (Wildman–Crippen LogP) is 1.68. The molecule has 0 aliphatic carbocycles. The van der Waals surface area contributed by atoms with Gasteiger partial charge in [-0.05, 0) is 12.5 Å². The molecule has 1 atom stereocenters. The van der Waals surface area contributed by atoms with Crippen LogP contribution < -0.4 is 0 Å². The lowest BCUT2D eigenvalue weighted by Crippen LogP contribution is -2.02. The van der Waals surface area contributed by atoms with Crippen LogP contribution in [0.15, 0.2) is 35.4 Å². The second-order valence-corrected chi connectivity index (χ2v) is 3.57. The van der Waals surface area contributed by atoms with Gasteiger partial charge in [-0.25, -0.2) is 4.98 Å². The minimum atomic E-state index is -0.472. The predicted molar refractivity (Wildman–Crippen MR) is 55.2 cm³/mol. The summed E-state index contributed by atoms with van der Waals surface area (Å²) < 4.78 is 6.88. The Balaban J connectivity index is 1.91. The lowest BCUT2D eigenvalue weighted by atomic mass is 10.1. The molecule has 80 valence electrons. The number of aromatic nitrogens is 2. The van der Waals surface area contributed by atoms with E-state index >= 15 is 0 Å². The Morgan fingerprint density at radius 1 is 1.60 bits per heavy atom. The van der Waals surface area contributed by atoms with Crippen molar-refractivity contribution in [1.29, 1.82) is 0 Å². The van der Waals surface area contributed by atoms with Crippen molar-refractivity contribution < 1.29 is 9.52 Å². The van der Waals surface area contributed by atoms with Gasteiger partial charge >= 0.3 is 0 Å². The van der Waals surface area contributed by atoms with Crippen LogP contribution >= 0.6 is 0 Å². The Bertz CT molecular complexity index is 406. The molecule has 0 aliphatic heterocycles. The number of rotatable bonds is 4. The number of furan rings is 1. The first kappa shape index (κ1) is 9.98. The Morgan fingerprint density at radius 3 is 3.07 bits per heavy atom. The number of aryl methyl sites for hydroxylation is 2. The molecule has 0 radical (unpaired) electrons. The van der Waals surface area contributed by atoms with Crippen LogP contribution in [0.5, 0.6) is 0 Å². The van der Waals surface area contributed by atoms with Crippen molar-refractivity contribution in [3.8, 4) is 0 Å². The Labute approximate surface area is 88.2 Å². The van der Waals surface area contributed by atoms with Gasteiger partial charge in [-0.1, -0.05) is 0 Å². The maximum atomic E-state index is 9.80. The normalized spacial score (nSPS) is 12.9. The molecule has 0 saturated heterocycles. The van der Waals surface area contributed by atoms with E-state index < -0.39 is 6.10 Å². The lowest BCUT2D eigenvalue weighted by molar-refractivity contribution is 0.166. The Kier molecular flexibility index (Phi) is 2.87. The summed E-state index contributed by atoms with van der Waals surface area (Å²) in [5, 5.41) is 9.80. The molecular formula is C11H14N2O2. The third-order valence-electron chi connectivity index (χ3n) is 2.49. The number of nitrogens with zero attached hydrogens (tertiary/aromatic N) is 2. The van der Waals surface area contributed by atoms with Crippen molar-refractivity contribution in [3.63, 3.8) is 0 Å². The fraction of sp³-hybridized carbons (Fsp3) is 0.364. The van der Waals surface area contributed by atoms with Gasteiger partial charge in [0.25, 0.3) is 0 Å². The standard InChI is InChI=1S/C11H14N2O2/c1-13-6-5-12-11(13)3-2-10(14)9-4-7-15-8-9/h4-8,10,14H,2-3H2,1H3. The fourth-order valence-corrected chi connectivity index (χ4v) is 1.53. The van der Waals surface area contributed by atoms with E-state index in [1.165, 1.54) is 0 Å². The van der Waals surface area contributed by atoms with E-state index in [1.807, 2.05) is 17.8 Å². The van der Waals surface area contributed by atoms with Crippen LogP contribution in [0.1, 0.15) is 23.9 Å².